The first-order chi connectivity index (χ1) is 9.24. The van der Waals surface area contributed by atoms with Crippen LogP contribution in [0, 0.1) is 5.92 Å². The van der Waals surface area contributed by atoms with Crippen LogP contribution in [-0.4, -0.2) is 48.9 Å². The Balaban J connectivity index is 1.52. The van der Waals surface area contributed by atoms with E-state index in [1.54, 1.807) is 18.2 Å². The van der Waals surface area contributed by atoms with E-state index in [-0.39, 0.29) is 19.3 Å². The second-order valence-electron chi connectivity index (χ2n) is 4.86. The first kappa shape index (κ1) is 12.3. The number of anilines is 1. The second-order valence-corrected chi connectivity index (χ2v) is 4.86. The Hall–Kier alpha value is -1.79. The van der Waals surface area contributed by atoms with Crippen molar-refractivity contribution in [2.24, 2.45) is 5.92 Å². The summed E-state index contributed by atoms with van der Waals surface area (Å²) in [5, 5.41) is 11.7. The van der Waals surface area contributed by atoms with Gasteiger partial charge in [-0.25, -0.2) is 0 Å². The number of nitrogens with one attached hydrogen (secondary N) is 1. The number of hydrogen-bond acceptors (Lipinski definition) is 5. The standard InChI is InChI=1S/C13H16N2O4/c16-7-9-4-15(5-9)6-13(17)14-10-1-2-11-12(3-10)19-8-18-11/h1-3,9,16H,4-8H2,(H,14,17). The van der Waals surface area contributed by atoms with Gasteiger partial charge in [0.1, 0.15) is 0 Å². The Morgan fingerprint density at radius 3 is 2.95 bits per heavy atom. The summed E-state index contributed by atoms with van der Waals surface area (Å²) in [4.78, 5) is 13.8. The number of aliphatic hydroxyl groups excluding tert-OH is 1. The number of hydrogen-bond donors (Lipinski definition) is 2. The van der Waals surface area contributed by atoms with E-state index >= 15 is 0 Å². The molecule has 2 aliphatic heterocycles. The van der Waals surface area contributed by atoms with Crippen LogP contribution in [0.4, 0.5) is 5.69 Å². The average molecular weight is 264 g/mol. The number of carbonyl (C=O) groups excluding carboxylic acids is 1. The minimum absolute atomic E-state index is 0.0599. The summed E-state index contributed by atoms with van der Waals surface area (Å²) in [6.45, 7) is 2.34. The highest BCUT2D eigenvalue weighted by atomic mass is 16.7. The van der Waals surface area contributed by atoms with Crippen molar-refractivity contribution in [1.29, 1.82) is 0 Å². The van der Waals surface area contributed by atoms with Gasteiger partial charge < -0.3 is 19.9 Å². The van der Waals surface area contributed by atoms with E-state index in [4.69, 9.17) is 14.6 Å². The lowest BCUT2D eigenvalue weighted by molar-refractivity contribution is -0.119. The van der Waals surface area contributed by atoms with Gasteiger partial charge in [0.2, 0.25) is 12.7 Å². The quantitative estimate of drug-likeness (QED) is 0.817. The van der Waals surface area contributed by atoms with Gasteiger partial charge in [-0.1, -0.05) is 0 Å². The summed E-state index contributed by atoms with van der Waals surface area (Å²) in [7, 11) is 0. The summed E-state index contributed by atoms with van der Waals surface area (Å²) >= 11 is 0. The van der Waals surface area contributed by atoms with Gasteiger partial charge in [0, 0.05) is 37.4 Å². The van der Waals surface area contributed by atoms with Crippen molar-refractivity contribution in [3.8, 4) is 11.5 Å². The van der Waals surface area contributed by atoms with Crippen LogP contribution in [0.5, 0.6) is 11.5 Å². The van der Waals surface area contributed by atoms with Gasteiger partial charge in [-0.2, -0.15) is 0 Å². The molecule has 6 nitrogen and oxygen atoms in total. The summed E-state index contributed by atoms with van der Waals surface area (Å²) in [6.07, 6.45) is 0. The first-order valence-corrected chi connectivity index (χ1v) is 6.27. The molecule has 1 aromatic carbocycles. The molecule has 2 heterocycles. The molecule has 102 valence electrons. The van der Waals surface area contributed by atoms with Gasteiger partial charge in [-0.05, 0) is 12.1 Å². The summed E-state index contributed by atoms with van der Waals surface area (Å²) in [5.41, 5.74) is 0.702. The Kier molecular flexibility index (Phi) is 3.27. The van der Waals surface area contributed by atoms with Crippen LogP contribution in [0.1, 0.15) is 0 Å². The minimum Gasteiger partial charge on any atom is -0.454 e. The Morgan fingerprint density at radius 1 is 1.37 bits per heavy atom. The smallest absolute Gasteiger partial charge is 0.238 e. The molecule has 2 aliphatic rings. The zero-order valence-corrected chi connectivity index (χ0v) is 10.5. The number of carbonyl (C=O) groups is 1. The average Bonchev–Trinajstić information content (AvgIpc) is 2.80. The Labute approximate surface area is 110 Å². The molecular weight excluding hydrogens is 248 g/mol. The van der Waals surface area contributed by atoms with Gasteiger partial charge in [0.15, 0.2) is 11.5 Å². The minimum atomic E-state index is -0.0599. The molecule has 6 heteroatoms. The van der Waals surface area contributed by atoms with E-state index in [1.807, 2.05) is 4.90 Å². The number of fused-ring (bicyclic) bond motifs is 1. The van der Waals surface area contributed by atoms with Crippen molar-refractivity contribution in [1.82, 2.24) is 4.90 Å². The van der Waals surface area contributed by atoms with Gasteiger partial charge in [-0.15, -0.1) is 0 Å². The molecule has 1 amide bonds. The van der Waals surface area contributed by atoms with Crippen molar-refractivity contribution in [3.05, 3.63) is 18.2 Å². The Morgan fingerprint density at radius 2 is 2.16 bits per heavy atom. The molecule has 0 aromatic heterocycles. The van der Waals surface area contributed by atoms with E-state index in [2.05, 4.69) is 5.32 Å². The molecule has 1 aromatic rings. The number of ether oxygens (including phenoxy) is 2. The lowest BCUT2D eigenvalue weighted by Gasteiger charge is -2.37. The van der Waals surface area contributed by atoms with Gasteiger partial charge in [-0.3, -0.25) is 9.69 Å². The summed E-state index contributed by atoms with van der Waals surface area (Å²) in [5.74, 6) is 1.61. The van der Waals surface area contributed by atoms with Crippen LogP contribution in [-0.2, 0) is 4.79 Å². The van der Waals surface area contributed by atoms with E-state index in [0.29, 0.717) is 29.6 Å². The number of likely N-dealkylation sites (tertiary alicyclic amines) is 1. The first-order valence-electron chi connectivity index (χ1n) is 6.27. The molecule has 0 aliphatic carbocycles. The van der Waals surface area contributed by atoms with Gasteiger partial charge in [0.25, 0.3) is 0 Å². The third-order valence-corrected chi connectivity index (χ3v) is 3.31. The van der Waals surface area contributed by atoms with Crippen molar-refractivity contribution in [2.75, 3.05) is 38.4 Å². The number of rotatable bonds is 4. The number of benzene rings is 1. The molecule has 0 spiro atoms. The van der Waals surface area contributed by atoms with Crippen LogP contribution < -0.4 is 14.8 Å². The molecule has 0 radical (unpaired) electrons. The maximum Gasteiger partial charge on any atom is 0.238 e. The zero-order chi connectivity index (χ0) is 13.2. The van der Waals surface area contributed by atoms with Crippen LogP contribution in [0.2, 0.25) is 0 Å². The fourth-order valence-electron chi connectivity index (χ4n) is 2.30. The summed E-state index contributed by atoms with van der Waals surface area (Å²) in [6, 6.07) is 5.33. The summed E-state index contributed by atoms with van der Waals surface area (Å²) < 4.78 is 10.5. The molecule has 0 saturated carbocycles. The molecule has 1 fully saturated rings. The van der Waals surface area contributed by atoms with Crippen LogP contribution in [0.15, 0.2) is 18.2 Å². The predicted octanol–water partition coefficient (Wildman–Crippen LogP) is 0.278. The van der Waals surface area contributed by atoms with Crippen molar-refractivity contribution >= 4 is 11.6 Å². The van der Waals surface area contributed by atoms with Crippen LogP contribution >= 0.6 is 0 Å². The number of aliphatic hydroxyl groups is 1. The highest BCUT2D eigenvalue weighted by molar-refractivity contribution is 5.92. The molecule has 2 N–H and O–H groups in total. The van der Waals surface area contributed by atoms with Crippen molar-refractivity contribution < 1.29 is 19.4 Å². The lowest BCUT2D eigenvalue weighted by atomic mass is 10.0. The lowest BCUT2D eigenvalue weighted by Crippen LogP contribution is -2.51. The third kappa shape index (κ3) is 2.64. The fourth-order valence-corrected chi connectivity index (χ4v) is 2.30. The highest BCUT2D eigenvalue weighted by Crippen LogP contribution is 2.34. The van der Waals surface area contributed by atoms with Crippen LogP contribution in [0.3, 0.4) is 0 Å². The van der Waals surface area contributed by atoms with E-state index in [1.165, 1.54) is 0 Å². The fraction of sp³-hybridized carbons (Fsp3) is 0.462. The van der Waals surface area contributed by atoms with E-state index in [0.717, 1.165) is 13.1 Å². The number of amides is 1. The second kappa shape index (κ2) is 5.07. The largest absolute Gasteiger partial charge is 0.454 e. The topological polar surface area (TPSA) is 71.0 Å². The maximum absolute atomic E-state index is 11.8. The van der Waals surface area contributed by atoms with E-state index in [9.17, 15) is 4.79 Å². The zero-order valence-electron chi connectivity index (χ0n) is 10.5. The number of nitrogens with zero attached hydrogens (tertiary/aromatic N) is 1. The normalized spacial score (nSPS) is 18.2. The maximum atomic E-state index is 11.8. The van der Waals surface area contributed by atoms with Gasteiger partial charge >= 0.3 is 0 Å². The highest BCUT2D eigenvalue weighted by Gasteiger charge is 2.27. The van der Waals surface area contributed by atoms with Crippen molar-refractivity contribution in [3.63, 3.8) is 0 Å². The van der Waals surface area contributed by atoms with Crippen LogP contribution in [0.25, 0.3) is 0 Å². The third-order valence-electron chi connectivity index (χ3n) is 3.31. The Bertz CT molecular complexity index is 486. The predicted molar refractivity (Wildman–Crippen MR) is 68.2 cm³/mol. The SMILES string of the molecule is O=C(CN1CC(CO)C1)Nc1ccc2c(c1)OCO2. The molecular formula is C13H16N2O4. The molecule has 0 unspecified atom stereocenters. The molecule has 19 heavy (non-hydrogen) atoms. The monoisotopic (exact) mass is 264 g/mol. The van der Waals surface area contributed by atoms with E-state index < -0.39 is 0 Å². The molecule has 0 bridgehead atoms. The van der Waals surface area contributed by atoms with Crippen molar-refractivity contribution in [2.45, 2.75) is 0 Å². The van der Waals surface area contributed by atoms with Gasteiger partial charge in [0.05, 0.1) is 6.54 Å². The molecule has 0 atom stereocenters. The molecule has 1 saturated heterocycles. The molecule has 3 rings (SSSR count).